The number of halogens is 1. The largest absolute Gasteiger partial charge is 0.354 e. The molecule has 0 saturated heterocycles. The van der Waals surface area contributed by atoms with Gasteiger partial charge in [-0.15, -0.1) is 0 Å². The number of sulfonamides is 1. The number of hydrogen-bond acceptors (Lipinski definition) is 6. The average Bonchev–Trinajstić information content (AvgIpc) is 2.94. The summed E-state index contributed by atoms with van der Waals surface area (Å²) < 4.78 is 28.3. The number of anilines is 1. The van der Waals surface area contributed by atoms with Crippen molar-refractivity contribution in [2.24, 2.45) is 0 Å². The van der Waals surface area contributed by atoms with Gasteiger partial charge in [-0.3, -0.25) is 24.0 Å². The van der Waals surface area contributed by atoms with E-state index >= 15 is 0 Å². The monoisotopic (exact) mass is 586 g/mol. The van der Waals surface area contributed by atoms with Crippen LogP contribution in [0.25, 0.3) is 0 Å². The molecule has 40 heavy (non-hydrogen) atoms. The molecule has 0 aliphatic heterocycles. The molecule has 1 atom stereocenters. The van der Waals surface area contributed by atoms with Crippen LogP contribution in [0, 0.1) is 10.1 Å². The second-order valence-electron chi connectivity index (χ2n) is 9.07. The van der Waals surface area contributed by atoms with Crippen molar-refractivity contribution in [3.8, 4) is 0 Å². The summed E-state index contributed by atoms with van der Waals surface area (Å²) in [7, 11) is -4.26. The number of carbonyl (C=O) groups excluding carboxylic acids is 2. The number of rotatable bonds is 13. The fraction of sp³-hybridized carbons (Fsp3) is 0.286. The molecule has 0 unspecified atom stereocenters. The number of unbranched alkanes of at least 4 members (excludes halogenated alkanes) is 1. The Morgan fingerprint density at radius 2 is 1.70 bits per heavy atom. The van der Waals surface area contributed by atoms with Crippen LogP contribution in [0.5, 0.6) is 0 Å². The summed E-state index contributed by atoms with van der Waals surface area (Å²) >= 11 is 6.14. The Labute approximate surface area is 238 Å². The van der Waals surface area contributed by atoms with E-state index in [1.165, 1.54) is 41.3 Å². The minimum absolute atomic E-state index is 0.00123. The molecule has 0 saturated carbocycles. The Morgan fingerprint density at radius 1 is 1.02 bits per heavy atom. The lowest BCUT2D eigenvalue weighted by Gasteiger charge is -2.32. The fourth-order valence-corrected chi connectivity index (χ4v) is 5.59. The van der Waals surface area contributed by atoms with Crippen LogP contribution in [-0.4, -0.2) is 49.2 Å². The van der Waals surface area contributed by atoms with E-state index in [1.54, 1.807) is 49.4 Å². The van der Waals surface area contributed by atoms with Crippen molar-refractivity contribution in [2.45, 2.75) is 44.2 Å². The predicted molar refractivity (Wildman–Crippen MR) is 153 cm³/mol. The Bertz CT molecular complexity index is 1430. The summed E-state index contributed by atoms with van der Waals surface area (Å²) in [6.07, 6.45) is 1.64. The zero-order valence-electron chi connectivity index (χ0n) is 22.2. The molecule has 3 aromatic rings. The number of nitro groups is 1. The summed E-state index contributed by atoms with van der Waals surface area (Å²) in [5.41, 5.74) is 0.486. The minimum Gasteiger partial charge on any atom is -0.354 e. The van der Waals surface area contributed by atoms with Crippen LogP contribution in [0.1, 0.15) is 32.3 Å². The number of non-ortho nitro benzene ring substituents is 1. The molecule has 212 valence electrons. The van der Waals surface area contributed by atoms with Gasteiger partial charge >= 0.3 is 0 Å². The zero-order valence-corrected chi connectivity index (χ0v) is 23.8. The summed E-state index contributed by atoms with van der Waals surface area (Å²) in [5, 5.41) is 14.4. The molecule has 0 radical (unpaired) electrons. The second-order valence-corrected chi connectivity index (χ2v) is 11.4. The van der Waals surface area contributed by atoms with Crippen molar-refractivity contribution >= 4 is 44.8 Å². The topological polar surface area (TPSA) is 130 Å². The highest BCUT2D eigenvalue weighted by atomic mass is 35.5. The number of nitrogens with one attached hydrogen (secondary N) is 1. The molecule has 2 amide bonds. The van der Waals surface area contributed by atoms with Gasteiger partial charge in [0.1, 0.15) is 12.6 Å². The first-order chi connectivity index (χ1) is 19.0. The molecular formula is C28H31ClN4O6S. The molecule has 3 aromatic carbocycles. The van der Waals surface area contributed by atoms with E-state index in [0.29, 0.717) is 17.1 Å². The molecular weight excluding hydrogens is 556 g/mol. The average molecular weight is 587 g/mol. The maximum absolute atomic E-state index is 13.8. The first-order valence-corrected chi connectivity index (χ1v) is 14.5. The van der Waals surface area contributed by atoms with Crippen molar-refractivity contribution < 1.29 is 22.9 Å². The van der Waals surface area contributed by atoms with Crippen molar-refractivity contribution in [3.05, 3.63) is 99.6 Å². The Balaban J connectivity index is 2.01. The first-order valence-electron chi connectivity index (χ1n) is 12.7. The van der Waals surface area contributed by atoms with Gasteiger partial charge in [0.05, 0.1) is 15.5 Å². The number of benzene rings is 3. The lowest BCUT2D eigenvalue weighted by Crippen LogP contribution is -2.51. The highest BCUT2D eigenvalue weighted by Crippen LogP contribution is 2.26. The second kappa shape index (κ2) is 13.9. The minimum atomic E-state index is -4.26. The molecule has 0 fully saturated rings. The van der Waals surface area contributed by atoms with Crippen molar-refractivity contribution in [1.29, 1.82) is 0 Å². The highest BCUT2D eigenvalue weighted by Gasteiger charge is 2.32. The molecule has 0 aliphatic carbocycles. The standard InChI is InChI=1S/C28H31ClN4O6S/c1-3-4-17-30-28(35)21(2)31(19-22-9-8-10-23(29)18-22)27(34)20-32(24-13-15-25(16-14-24)33(36)37)40(38,39)26-11-6-5-7-12-26/h5-16,18,21H,3-4,17,19-20H2,1-2H3,(H,30,35)/t21-/m0/s1. The summed E-state index contributed by atoms with van der Waals surface area (Å²) in [5.74, 6) is -1.02. The van der Waals surface area contributed by atoms with Crippen LogP contribution < -0.4 is 9.62 Å². The maximum atomic E-state index is 13.8. The summed E-state index contributed by atoms with van der Waals surface area (Å²) in [4.78, 5) is 38.6. The van der Waals surface area contributed by atoms with Gasteiger partial charge in [-0.2, -0.15) is 0 Å². The van der Waals surface area contributed by atoms with Crippen LogP contribution in [0.15, 0.2) is 83.8 Å². The Kier molecular flexibility index (Phi) is 10.6. The molecule has 3 rings (SSSR count). The quantitative estimate of drug-likeness (QED) is 0.174. The van der Waals surface area contributed by atoms with Crippen LogP contribution >= 0.6 is 11.6 Å². The number of carbonyl (C=O) groups is 2. The third-order valence-electron chi connectivity index (χ3n) is 6.20. The van der Waals surface area contributed by atoms with Gasteiger partial charge in [0.15, 0.2) is 0 Å². The van der Waals surface area contributed by atoms with Gasteiger partial charge in [-0.05, 0) is 55.3 Å². The maximum Gasteiger partial charge on any atom is 0.269 e. The lowest BCUT2D eigenvalue weighted by atomic mass is 10.1. The van der Waals surface area contributed by atoms with Crippen LogP contribution in [0.2, 0.25) is 5.02 Å². The van der Waals surface area contributed by atoms with Crippen LogP contribution in [0.4, 0.5) is 11.4 Å². The molecule has 1 N–H and O–H groups in total. The van der Waals surface area contributed by atoms with Gasteiger partial charge < -0.3 is 10.2 Å². The normalized spacial score (nSPS) is 11.9. The van der Waals surface area contributed by atoms with Gasteiger partial charge in [-0.1, -0.05) is 55.3 Å². The van der Waals surface area contributed by atoms with Gasteiger partial charge in [-0.25, -0.2) is 8.42 Å². The lowest BCUT2D eigenvalue weighted by molar-refractivity contribution is -0.384. The van der Waals surface area contributed by atoms with Crippen molar-refractivity contribution in [2.75, 3.05) is 17.4 Å². The van der Waals surface area contributed by atoms with Gasteiger partial charge in [0.25, 0.3) is 15.7 Å². The highest BCUT2D eigenvalue weighted by molar-refractivity contribution is 7.92. The molecule has 0 aromatic heterocycles. The zero-order chi connectivity index (χ0) is 29.3. The van der Waals surface area contributed by atoms with E-state index in [1.807, 2.05) is 6.92 Å². The number of nitro benzene ring substituents is 1. The summed E-state index contributed by atoms with van der Waals surface area (Å²) in [6, 6.07) is 18.3. The Morgan fingerprint density at radius 3 is 2.30 bits per heavy atom. The van der Waals surface area contributed by atoms with E-state index < -0.39 is 33.4 Å². The van der Waals surface area contributed by atoms with Crippen LogP contribution in [-0.2, 0) is 26.2 Å². The SMILES string of the molecule is CCCCNC(=O)[C@H](C)N(Cc1cccc(Cl)c1)C(=O)CN(c1ccc([N+](=O)[O-])cc1)S(=O)(=O)c1ccccc1. The number of hydrogen-bond donors (Lipinski definition) is 1. The number of amides is 2. The molecule has 0 spiro atoms. The van der Waals surface area contributed by atoms with E-state index in [-0.39, 0.29) is 28.7 Å². The first kappa shape index (κ1) is 30.6. The molecule has 0 heterocycles. The molecule has 0 aliphatic rings. The van der Waals surface area contributed by atoms with E-state index in [2.05, 4.69) is 5.32 Å². The smallest absolute Gasteiger partial charge is 0.269 e. The van der Waals surface area contributed by atoms with E-state index in [9.17, 15) is 28.1 Å². The fourth-order valence-electron chi connectivity index (χ4n) is 3.94. The molecule has 12 heteroatoms. The van der Waals surface area contributed by atoms with Crippen LogP contribution in [0.3, 0.4) is 0 Å². The van der Waals surface area contributed by atoms with Gasteiger partial charge in [0.2, 0.25) is 11.8 Å². The van der Waals surface area contributed by atoms with Crippen molar-refractivity contribution in [1.82, 2.24) is 10.2 Å². The molecule has 10 nitrogen and oxygen atoms in total. The van der Waals surface area contributed by atoms with E-state index in [0.717, 1.165) is 17.1 Å². The third kappa shape index (κ3) is 7.80. The predicted octanol–water partition coefficient (Wildman–Crippen LogP) is 4.78. The molecule has 0 bridgehead atoms. The van der Waals surface area contributed by atoms with E-state index in [4.69, 9.17) is 11.6 Å². The van der Waals surface area contributed by atoms with Crippen molar-refractivity contribution in [3.63, 3.8) is 0 Å². The Hall–Kier alpha value is -3.96. The van der Waals surface area contributed by atoms with Gasteiger partial charge in [0, 0.05) is 30.2 Å². The summed E-state index contributed by atoms with van der Waals surface area (Å²) in [6.45, 7) is 3.36. The third-order valence-corrected chi connectivity index (χ3v) is 8.22. The number of nitrogens with zero attached hydrogens (tertiary/aromatic N) is 3.